The van der Waals surface area contributed by atoms with Gasteiger partial charge in [-0.15, -0.1) is 0 Å². The van der Waals surface area contributed by atoms with E-state index in [-0.39, 0.29) is 40.9 Å². The zero-order valence-electron chi connectivity index (χ0n) is 8.41. The number of carboxylic acids is 1. The number of para-hydroxylation sites is 1. The van der Waals surface area contributed by atoms with Crippen LogP contribution in [0, 0.1) is 0 Å². The molecule has 0 saturated heterocycles. The van der Waals surface area contributed by atoms with E-state index in [9.17, 15) is 15.0 Å². The molecule has 3 nitrogen and oxygen atoms in total. The molecule has 70 valence electrons. The fraction of sp³-hybridized carbons (Fsp3) is 0.300. The fourth-order valence-electron chi connectivity index (χ4n) is 1.23. The number of aromatic hydroxyl groups is 1. The van der Waals surface area contributed by atoms with Crippen LogP contribution in [0.5, 0.6) is 5.75 Å². The van der Waals surface area contributed by atoms with Crippen LogP contribution >= 0.6 is 0 Å². The summed E-state index contributed by atoms with van der Waals surface area (Å²) in [7, 11) is 0. The third kappa shape index (κ3) is 3.01. The van der Waals surface area contributed by atoms with Crippen LogP contribution in [0.4, 0.5) is 0 Å². The Morgan fingerprint density at radius 2 is 2.14 bits per heavy atom. The normalized spacial score (nSPS) is 9.21. The molecule has 4 heteroatoms. The van der Waals surface area contributed by atoms with Gasteiger partial charge in [0.15, 0.2) is 0 Å². The van der Waals surface area contributed by atoms with Crippen LogP contribution in [0.1, 0.15) is 29.3 Å². The molecule has 0 heterocycles. The van der Waals surface area contributed by atoms with E-state index in [2.05, 4.69) is 0 Å². The summed E-state index contributed by atoms with van der Waals surface area (Å²) < 4.78 is 0. The van der Waals surface area contributed by atoms with Crippen molar-refractivity contribution >= 4 is 5.97 Å². The Bertz CT molecular complexity index is 323. The Morgan fingerprint density at radius 3 is 2.64 bits per heavy atom. The van der Waals surface area contributed by atoms with E-state index in [4.69, 9.17) is 0 Å². The molecular formula is C10H11NaO3. The van der Waals surface area contributed by atoms with Gasteiger partial charge in [0.2, 0.25) is 0 Å². The summed E-state index contributed by atoms with van der Waals surface area (Å²) in [6, 6.07) is 4.66. The number of rotatable bonds is 3. The fourth-order valence-corrected chi connectivity index (χ4v) is 1.23. The smallest absolute Gasteiger partial charge is 0.545 e. The van der Waals surface area contributed by atoms with Gasteiger partial charge in [0.25, 0.3) is 0 Å². The molecule has 0 bridgehead atoms. The van der Waals surface area contributed by atoms with Gasteiger partial charge in [-0.05, 0) is 18.1 Å². The molecule has 1 N–H and O–H groups in total. The Morgan fingerprint density at radius 1 is 1.50 bits per heavy atom. The molecule has 0 radical (unpaired) electrons. The first-order valence-electron chi connectivity index (χ1n) is 4.19. The van der Waals surface area contributed by atoms with Gasteiger partial charge in [0, 0.05) is 5.56 Å². The maximum atomic E-state index is 10.5. The Kier molecular flexibility index (Phi) is 5.84. The summed E-state index contributed by atoms with van der Waals surface area (Å²) in [4.78, 5) is 10.5. The number of aryl methyl sites for hydroxylation is 1. The van der Waals surface area contributed by atoms with Gasteiger partial charge >= 0.3 is 29.6 Å². The first-order chi connectivity index (χ1) is 6.16. The molecule has 14 heavy (non-hydrogen) atoms. The number of aromatic carboxylic acids is 1. The van der Waals surface area contributed by atoms with Crippen LogP contribution in [-0.2, 0) is 6.42 Å². The van der Waals surface area contributed by atoms with Crippen molar-refractivity contribution in [1.29, 1.82) is 0 Å². The molecule has 1 rings (SSSR count). The van der Waals surface area contributed by atoms with Gasteiger partial charge in [-0.2, -0.15) is 0 Å². The second kappa shape index (κ2) is 6.06. The zero-order valence-corrected chi connectivity index (χ0v) is 10.4. The third-order valence-electron chi connectivity index (χ3n) is 1.86. The van der Waals surface area contributed by atoms with Crippen LogP contribution in [0.3, 0.4) is 0 Å². The molecule has 0 aliphatic heterocycles. The number of phenols is 1. The van der Waals surface area contributed by atoms with Crippen molar-refractivity contribution in [3.05, 3.63) is 29.3 Å². The standard InChI is InChI=1S/C10H12O3.Na/c1-2-4-7-5-3-6-8(9(7)11)10(12)13;/h3,5-6,11H,2,4H2,1H3,(H,12,13);/q;+1/p-1. The maximum Gasteiger partial charge on any atom is 1.00 e. The molecule has 0 spiro atoms. The summed E-state index contributed by atoms with van der Waals surface area (Å²) in [6.07, 6.45) is 1.54. The minimum absolute atomic E-state index is 0. The molecule has 1 aromatic rings. The Labute approximate surface area is 105 Å². The summed E-state index contributed by atoms with van der Waals surface area (Å²) in [5.74, 6) is -1.50. The zero-order chi connectivity index (χ0) is 9.84. The van der Waals surface area contributed by atoms with E-state index < -0.39 is 5.97 Å². The summed E-state index contributed by atoms with van der Waals surface area (Å²) >= 11 is 0. The quantitative estimate of drug-likeness (QED) is 0.561. The van der Waals surface area contributed by atoms with E-state index >= 15 is 0 Å². The predicted octanol–water partition coefficient (Wildman–Crippen LogP) is -2.29. The SMILES string of the molecule is CCCc1cccc(C(=O)[O-])c1O.[Na+]. The monoisotopic (exact) mass is 202 g/mol. The Hall–Kier alpha value is -0.510. The predicted molar refractivity (Wildman–Crippen MR) is 46.4 cm³/mol. The molecule has 0 aliphatic rings. The van der Waals surface area contributed by atoms with Gasteiger partial charge in [0.05, 0.1) is 5.97 Å². The van der Waals surface area contributed by atoms with Crippen molar-refractivity contribution in [3.8, 4) is 5.75 Å². The molecule has 1 aromatic carbocycles. The van der Waals surface area contributed by atoms with Gasteiger partial charge < -0.3 is 15.0 Å². The van der Waals surface area contributed by atoms with E-state index in [0.717, 1.165) is 6.42 Å². The van der Waals surface area contributed by atoms with Crippen molar-refractivity contribution in [2.75, 3.05) is 0 Å². The van der Waals surface area contributed by atoms with Gasteiger partial charge in [0.1, 0.15) is 5.75 Å². The molecular weight excluding hydrogens is 191 g/mol. The van der Waals surface area contributed by atoms with E-state index in [1.807, 2.05) is 6.92 Å². The van der Waals surface area contributed by atoms with Crippen molar-refractivity contribution in [2.45, 2.75) is 19.8 Å². The van der Waals surface area contributed by atoms with Crippen LogP contribution in [0.25, 0.3) is 0 Å². The molecule has 0 amide bonds. The summed E-state index contributed by atoms with van der Waals surface area (Å²) in [6.45, 7) is 1.96. The molecule has 0 aromatic heterocycles. The maximum absolute atomic E-state index is 10.5. The molecule has 0 fully saturated rings. The van der Waals surface area contributed by atoms with Crippen LogP contribution in [0.15, 0.2) is 18.2 Å². The minimum Gasteiger partial charge on any atom is -0.545 e. The minimum atomic E-state index is -1.34. The molecule has 0 saturated carbocycles. The first kappa shape index (κ1) is 13.5. The van der Waals surface area contributed by atoms with Crippen LogP contribution in [0.2, 0.25) is 0 Å². The van der Waals surface area contributed by atoms with Crippen molar-refractivity contribution < 1.29 is 44.6 Å². The number of carboxylic acid groups (broad SMARTS) is 1. The second-order valence-corrected chi connectivity index (χ2v) is 2.85. The largest absolute Gasteiger partial charge is 1.00 e. The van der Waals surface area contributed by atoms with Crippen molar-refractivity contribution in [1.82, 2.24) is 0 Å². The molecule has 0 unspecified atom stereocenters. The van der Waals surface area contributed by atoms with E-state index in [1.54, 1.807) is 12.1 Å². The van der Waals surface area contributed by atoms with Gasteiger partial charge in [-0.25, -0.2) is 0 Å². The topological polar surface area (TPSA) is 60.4 Å². The van der Waals surface area contributed by atoms with Gasteiger partial charge in [-0.3, -0.25) is 0 Å². The average molecular weight is 202 g/mol. The summed E-state index contributed by atoms with van der Waals surface area (Å²) in [5, 5.41) is 20.0. The van der Waals surface area contributed by atoms with Crippen LogP contribution < -0.4 is 34.7 Å². The first-order valence-corrected chi connectivity index (χ1v) is 4.19. The third-order valence-corrected chi connectivity index (χ3v) is 1.86. The van der Waals surface area contributed by atoms with Crippen molar-refractivity contribution in [2.24, 2.45) is 0 Å². The van der Waals surface area contributed by atoms with Gasteiger partial charge in [-0.1, -0.05) is 25.5 Å². The van der Waals surface area contributed by atoms with E-state index in [0.29, 0.717) is 12.0 Å². The second-order valence-electron chi connectivity index (χ2n) is 2.85. The summed E-state index contributed by atoms with van der Waals surface area (Å²) in [5.41, 5.74) is 0.523. The molecule has 0 aliphatic carbocycles. The number of hydrogen-bond acceptors (Lipinski definition) is 3. The van der Waals surface area contributed by atoms with E-state index in [1.165, 1.54) is 6.07 Å². The number of carbonyl (C=O) groups is 1. The number of benzene rings is 1. The number of carbonyl (C=O) groups excluding carboxylic acids is 1. The molecule has 0 atom stereocenters. The van der Waals surface area contributed by atoms with Crippen LogP contribution in [-0.4, -0.2) is 11.1 Å². The average Bonchev–Trinajstić information content (AvgIpc) is 2.08. The number of hydrogen-bond donors (Lipinski definition) is 1. The van der Waals surface area contributed by atoms with Crippen molar-refractivity contribution in [3.63, 3.8) is 0 Å². The Balaban J connectivity index is 0.00000169.